The van der Waals surface area contributed by atoms with E-state index in [0.29, 0.717) is 6.61 Å². The van der Waals surface area contributed by atoms with Gasteiger partial charge in [-0.05, 0) is 32.6 Å². The van der Waals surface area contributed by atoms with E-state index < -0.39 is 6.04 Å². The maximum Gasteiger partial charge on any atom is 0.322 e. The fourth-order valence-corrected chi connectivity index (χ4v) is 1.02. The topological polar surface area (TPSA) is 61.6 Å². The molecule has 82 valence electrons. The lowest BCUT2D eigenvalue weighted by Crippen LogP contribution is -2.32. The van der Waals surface area contributed by atoms with Crippen LogP contribution in [0.25, 0.3) is 0 Å². The molecule has 4 nitrogen and oxygen atoms in total. The van der Waals surface area contributed by atoms with E-state index >= 15 is 0 Å². The van der Waals surface area contributed by atoms with Gasteiger partial charge in [-0.1, -0.05) is 0 Å². The Kier molecular flexibility index (Phi) is 4.35. The molecule has 1 aliphatic carbocycles. The minimum absolute atomic E-state index is 0.202. The van der Waals surface area contributed by atoms with Gasteiger partial charge >= 0.3 is 5.97 Å². The second-order valence-corrected chi connectivity index (χ2v) is 4.02. The number of esters is 1. The molecule has 0 aliphatic heterocycles. The Morgan fingerprint density at radius 3 is 2.64 bits per heavy atom. The summed E-state index contributed by atoms with van der Waals surface area (Å²) in [6.45, 7) is 4.68. The Hall–Kier alpha value is -0.610. The number of hydrogen-bond donors (Lipinski definition) is 1. The zero-order valence-corrected chi connectivity index (χ0v) is 8.86. The summed E-state index contributed by atoms with van der Waals surface area (Å²) < 4.78 is 10.4. The third-order valence-electron chi connectivity index (χ3n) is 2.09. The molecule has 0 radical (unpaired) electrons. The molecular formula is C10H19NO3. The molecule has 1 saturated carbocycles. The molecule has 0 aromatic heterocycles. The van der Waals surface area contributed by atoms with Crippen LogP contribution in [-0.2, 0) is 14.3 Å². The average Bonchev–Trinajstić information content (AvgIpc) is 2.87. The van der Waals surface area contributed by atoms with Crippen molar-refractivity contribution in [3.05, 3.63) is 0 Å². The molecule has 0 aromatic rings. The third-order valence-corrected chi connectivity index (χ3v) is 2.09. The van der Waals surface area contributed by atoms with Gasteiger partial charge in [-0.25, -0.2) is 0 Å². The predicted octanol–water partition coefficient (Wildman–Crippen LogP) is 0.692. The van der Waals surface area contributed by atoms with Crippen LogP contribution in [0.5, 0.6) is 0 Å². The lowest BCUT2D eigenvalue weighted by atomic mass is 10.3. The Balaban J connectivity index is 2.01. The Bertz CT molecular complexity index is 190. The first kappa shape index (κ1) is 11.5. The molecule has 0 heterocycles. The van der Waals surface area contributed by atoms with Gasteiger partial charge in [0.05, 0.1) is 6.61 Å². The average molecular weight is 201 g/mol. The van der Waals surface area contributed by atoms with Gasteiger partial charge in [0.2, 0.25) is 0 Å². The Labute approximate surface area is 84.7 Å². The highest BCUT2D eigenvalue weighted by molar-refractivity contribution is 5.75. The van der Waals surface area contributed by atoms with Gasteiger partial charge in [-0.3, -0.25) is 4.79 Å². The van der Waals surface area contributed by atoms with E-state index in [9.17, 15) is 4.79 Å². The normalized spacial score (nSPS) is 20.2. The summed E-state index contributed by atoms with van der Waals surface area (Å²) in [5.74, 6) is 0.374. The quantitative estimate of drug-likeness (QED) is 0.642. The fourth-order valence-electron chi connectivity index (χ4n) is 1.02. The minimum Gasteiger partial charge on any atom is -0.459 e. The SMILES string of the molecule is C[C@H](N)C(=O)O[C@@H](C)COCC1CC1. The van der Waals surface area contributed by atoms with Gasteiger partial charge in [0.25, 0.3) is 0 Å². The lowest BCUT2D eigenvalue weighted by molar-refractivity contribution is -0.152. The van der Waals surface area contributed by atoms with E-state index in [4.69, 9.17) is 15.2 Å². The van der Waals surface area contributed by atoms with Gasteiger partial charge in [-0.15, -0.1) is 0 Å². The molecule has 1 fully saturated rings. The molecule has 2 N–H and O–H groups in total. The molecule has 0 amide bonds. The van der Waals surface area contributed by atoms with Crippen LogP contribution in [0.15, 0.2) is 0 Å². The van der Waals surface area contributed by atoms with Gasteiger partial charge in [0.1, 0.15) is 12.1 Å². The second-order valence-electron chi connectivity index (χ2n) is 4.02. The van der Waals surface area contributed by atoms with Crippen LogP contribution in [-0.4, -0.2) is 31.3 Å². The summed E-state index contributed by atoms with van der Waals surface area (Å²) in [5, 5.41) is 0. The fraction of sp³-hybridized carbons (Fsp3) is 0.900. The van der Waals surface area contributed by atoms with Crippen molar-refractivity contribution in [1.29, 1.82) is 0 Å². The highest BCUT2D eigenvalue weighted by Crippen LogP contribution is 2.28. The number of nitrogens with two attached hydrogens (primary N) is 1. The van der Waals surface area contributed by atoms with Crippen LogP contribution in [0.2, 0.25) is 0 Å². The Morgan fingerprint density at radius 1 is 1.50 bits per heavy atom. The van der Waals surface area contributed by atoms with Crippen molar-refractivity contribution >= 4 is 5.97 Å². The summed E-state index contributed by atoms with van der Waals surface area (Å²) in [5.41, 5.74) is 5.36. The molecule has 0 unspecified atom stereocenters. The van der Waals surface area contributed by atoms with E-state index in [-0.39, 0.29) is 12.1 Å². The molecule has 0 aromatic carbocycles. The smallest absolute Gasteiger partial charge is 0.322 e. The van der Waals surface area contributed by atoms with Crippen molar-refractivity contribution in [3.63, 3.8) is 0 Å². The van der Waals surface area contributed by atoms with Gasteiger partial charge < -0.3 is 15.2 Å². The van der Waals surface area contributed by atoms with Gasteiger partial charge in [0, 0.05) is 6.61 Å². The van der Waals surface area contributed by atoms with Crippen LogP contribution in [0.4, 0.5) is 0 Å². The van der Waals surface area contributed by atoms with Crippen LogP contribution in [0.3, 0.4) is 0 Å². The number of hydrogen-bond acceptors (Lipinski definition) is 4. The van der Waals surface area contributed by atoms with Gasteiger partial charge in [-0.2, -0.15) is 0 Å². The summed E-state index contributed by atoms with van der Waals surface area (Å²) in [4.78, 5) is 11.1. The van der Waals surface area contributed by atoms with Crippen molar-refractivity contribution in [3.8, 4) is 0 Å². The highest BCUT2D eigenvalue weighted by Gasteiger charge is 2.22. The van der Waals surface area contributed by atoms with Crippen LogP contribution in [0, 0.1) is 5.92 Å². The number of rotatable bonds is 6. The van der Waals surface area contributed by atoms with E-state index in [0.717, 1.165) is 12.5 Å². The zero-order valence-electron chi connectivity index (χ0n) is 8.86. The van der Waals surface area contributed by atoms with E-state index in [2.05, 4.69) is 0 Å². The molecule has 0 spiro atoms. The zero-order chi connectivity index (χ0) is 10.6. The Morgan fingerprint density at radius 2 is 2.14 bits per heavy atom. The van der Waals surface area contributed by atoms with Crippen LogP contribution >= 0.6 is 0 Å². The number of ether oxygens (including phenoxy) is 2. The largest absolute Gasteiger partial charge is 0.459 e. The van der Waals surface area contributed by atoms with Crippen molar-refractivity contribution in [2.45, 2.75) is 38.8 Å². The number of carbonyl (C=O) groups excluding carboxylic acids is 1. The van der Waals surface area contributed by atoms with E-state index in [1.54, 1.807) is 6.92 Å². The highest BCUT2D eigenvalue weighted by atomic mass is 16.6. The standard InChI is InChI=1S/C10H19NO3/c1-7(14-10(12)8(2)11)5-13-6-9-3-4-9/h7-9H,3-6,11H2,1-2H3/t7-,8-/m0/s1. The van der Waals surface area contributed by atoms with Crippen LogP contribution in [0.1, 0.15) is 26.7 Å². The summed E-state index contributed by atoms with van der Waals surface area (Å²) in [6, 6.07) is -0.555. The number of carbonyl (C=O) groups is 1. The van der Waals surface area contributed by atoms with Crippen molar-refractivity contribution in [2.24, 2.45) is 11.7 Å². The lowest BCUT2D eigenvalue weighted by Gasteiger charge is -2.14. The first-order valence-corrected chi connectivity index (χ1v) is 5.13. The molecule has 2 atom stereocenters. The molecule has 1 aliphatic rings. The van der Waals surface area contributed by atoms with E-state index in [1.165, 1.54) is 12.8 Å². The second kappa shape index (κ2) is 5.32. The van der Waals surface area contributed by atoms with Crippen molar-refractivity contribution < 1.29 is 14.3 Å². The molecule has 0 saturated heterocycles. The molecule has 14 heavy (non-hydrogen) atoms. The summed E-state index contributed by atoms with van der Waals surface area (Å²) in [6.07, 6.45) is 2.34. The van der Waals surface area contributed by atoms with Gasteiger partial charge in [0.15, 0.2) is 0 Å². The van der Waals surface area contributed by atoms with Crippen LogP contribution < -0.4 is 5.73 Å². The molecule has 0 bridgehead atoms. The maximum absolute atomic E-state index is 11.1. The molecular weight excluding hydrogens is 182 g/mol. The van der Waals surface area contributed by atoms with Crippen molar-refractivity contribution in [2.75, 3.05) is 13.2 Å². The molecule has 4 heteroatoms. The van der Waals surface area contributed by atoms with Crippen molar-refractivity contribution in [1.82, 2.24) is 0 Å². The predicted molar refractivity (Wildman–Crippen MR) is 52.7 cm³/mol. The summed E-state index contributed by atoms with van der Waals surface area (Å²) in [7, 11) is 0. The third kappa shape index (κ3) is 4.58. The van der Waals surface area contributed by atoms with E-state index in [1.807, 2.05) is 6.92 Å². The maximum atomic E-state index is 11.1. The minimum atomic E-state index is -0.555. The first-order chi connectivity index (χ1) is 6.59. The monoisotopic (exact) mass is 201 g/mol. The first-order valence-electron chi connectivity index (χ1n) is 5.13. The molecule has 1 rings (SSSR count). The summed E-state index contributed by atoms with van der Waals surface area (Å²) >= 11 is 0.